The first-order valence-electron chi connectivity index (χ1n) is 5.18. The number of hydrogen-bond donors (Lipinski definition) is 0. The van der Waals surface area contributed by atoms with Crippen LogP contribution in [0.5, 0.6) is 5.88 Å². The lowest BCUT2D eigenvalue weighted by Crippen LogP contribution is -2.35. The Labute approximate surface area is 98.6 Å². The van der Waals surface area contributed by atoms with Gasteiger partial charge in [0.25, 0.3) is 0 Å². The first-order valence-corrected chi connectivity index (χ1v) is 6.10. The first kappa shape index (κ1) is 10.7. The molecule has 1 aromatic rings. The van der Waals surface area contributed by atoms with Crippen molar-refractivity contribution in [3.05, 3.63) is 18.3 Å². The van der Waals surface area contributed by atoms with Gasteiger partial charge in [0.1, 0.15) is 0 Å². The van der Waals surface area contributed by atoms with Crippen molar-refractivity contribution in [2.45, 2.75) is 17.7 Å². The molecule has 82 valence electrons. The summed E-state index contributed by atoms with van der Waals surface area (Å²) in [6.07, 6.45) is 4.30. The van der Waals surface area contributed by atoms with E-state index in [-0.39, 0.29) is 0 Å². The Hall–Kier alpha value is -0.770. The summed E-state index contributed by atoms with van der Waals surface area (Å²) in [5.74, 6) is 0.684. The number of anilines is 1. The molecule has 2 rings (SSSR count). The van der Waals surface area contributed by atoms with Crippen LogP contribution in [0.4, 0.5) is 5.69 Å². The highest BCUT2D eigenvalue weighted by Gasteiger charge is 2.17. The fourth-order valence-corrected chi connectivity index (χ4v) is 2.54. The molecule has 1 aliphatic rings. The highest BCUT2D eigenvalue weighted by molar-refractivity contribution is 9.09. The Morgan fingerprint density at radius 1 is 1.60 bits per heavy atom. The third-order valence-corrected chi connectivity index (χ3v) is 3.40. The Bertz CT molecular complexity index is 332. The van der Waals surface area contributed by atoms with Gasteiger partial charge in [-0.1, -0.05) is 15.9 Å². The molecule has 0 N–H and O–H groups in total. The molecule has 2 heterocycles. The highest BCUT2D eigenvalue weighted by Crippen LogP contribution is 2.24. The maximum atomic E-state index is 5.12. The van der Waals surface area contributed by atoms with Crippen molar-refractivity contribution in [3.8, 4) is 5.88 Å². The zero-order valence-corrected chi connectivity index (χ0v) is 10.4. The van der Waals surface area contributed by atoms with E-state index in [9.17, 15) is 0 Å². The van der Waals surface area contributed by atoms with Gasteiger partial charge < -0.3 is 9.64 Å². The van der Waals surface area contributed by atoms with Gasteiger partial charge in [-0.15, -0.1) is 0 Å². The van der Waals surface area contributed by atoms with Crippen LogP contribution < -0.4 is 9.64 Å². The molecule has 1 saturated heterocycles. The molecule has 1 atom stereocenters. The van der Waals surface area contributed by atoms with Gasteiger partial charge in [0.05, 0.1) is 7.11 Å². The van der Waals surface area contributed by atoms with E-state index in [2.05, 4.69) is 25.8 Å². The van der Waals surface area contributed by atoms with Gasteiger partial charge in [-0.3, -0.25) is 0 Å². The number of piperidine rings is 1. The summed E-state index contributed by atoms with van der Waals surface area (Å²) < 4.78 is 5.12. The van der Waals surface area contributed by atoms with Gasteiger partial charge >= 0.3 is 0 Å². The summed E-state index contributed by atoms with van der Waals surface area (Å²) in [6, 6.07) is 4.03. The van der Waals surface area contributed by atoms with E-state index in [1.165, 1.54) is 18.5 Å². The van der Waals surface area contributed by atoms with Crippen LogP contribution >= 0.6 is 15.9 Å². The summed E-state index contributed by atoms with van der Waals surface area (Å²) in [5, 5.41) is 0. The first-order chi connectivity index (χ1) is 7.29. The van der Waals surface area contributed by atoms with Gasteiger partial charge in [0.15, 0.2) is 0 Å². The number of aromatic nitrogens is 1. The molecular weight excluding hydrogens is 256 g/mol. The van der Waals surface area contributed by atoms with Crippen LogP contribution in [-0.2, 0) is 0 Å². The molecule has 0 saturated carbocycles. The van der Waals surface area contributed by atoms with E-state index in [0.29, 0.717) is 10.7 Å². The van der Waals surface area contributed by atoms with Crippen molar-refractivity contribution in [3.63, 3.8) is 0 Å². The van der Waals surface area contributed by atoms with Gasteiger partial charge in [-0.2, -0.15) is 0 Å². The second kappa shape index (κ2) is 4.84. The number of pyridine rings is 1. The Kier molecular flexibility index (Phi) is 3.46. The molecule has 0 spiro atoms. The van der Waals surface area contributed by atoms with E-state index in [4.69, 9.17) is 4.74 Å². The second-order valence-corrected chi connectivity index (χ2v) is 5.04. The lowest BCUT2D eigenvalue weighted by molar-refractivity contribution is 0.397. The Balaban J connectivity index is 2.13. The van der Waals surface area contributed by atoms with Gasteiger partial charge in [0.2, 0.25) is 5.88 Å². The standard InChI is InChI=1S/C11H15BrN2O/c1-15-11-7-10(4-5-13-11)14-6-2-3-9(12)8-14/h4-5,7,9H,2-3,6,8H2,1H3. The van der Waals surface area contributed by atoms with Crippen LogP contribution in [-0.4, -0.2) is 30.0 Å². The lowest BCUT2D eigenvalue weighted by atomic mass is 10.1. The van der Waals surface area contributed by atoms with Gasteiger partial charge in [-0.25, -0.2) is 4.98 Å². The largest absolute Gasteiger partial charge is 0.481 e. The fraction of sp³-hybridized carbons (Fsp3) is 0.545. The van der Waals surface area contributed by atoms with Crippen molar-refractivity contribution in [1.82, 2.24) is 4.98 Å². The maximum absolute atomic E-state index is 5.12. The predicted molar refractivity (Wildman–Crippen MR) is 65.0 cm³/mol. The Morgan fingerprint density at radius 3 is 3.20 bits per heavy atom. The van der Waals surface area contributed by atoms with Crippen LogP contribution in [0.1, 0.15) is 12.8 Å². The van der Waals surface area contributed by atoms with E-state index >= 15 is 0 Å². The monoisotopic (exact) mass is 270 g/mol. The molecule has 0 bridgehead atoms. The topological polar surface area (TPSA) is 25.4 Å². The van der Waals surface area contributed by atoms with E-state index in [0.717, 1.165) is 13.1 Å². The summed E-state index contributed by atoms with van der Waals surface area (Å²) in [7, 11) is 1.65. The molecular formula is C11H15BrN2O. The second-order valence-electron chi connectivity index (χ2n) is 3.74. The lowest BCUT2D eigenvalue weighted by Gasteiger charge is -2.31. The molecule has 1 aromatic heterocycles. The minimum Gasteiger partial charge on any atom is -0.481 e. The van der Waals surface area contributed by atoms with Crippen molar-refractivity contribution in [1.29, 1.82) is 0 Å². The number of alkyl halides is 1. The average Bonchev–Trinajstić information content (AvgIpc) is 2.29. The normalized spacial score (nSPS) is 21.5. The summed E-state index contributed by atoms with van der Waals surface area (Å²) in [5.41, 5.74) is 1.20. The molecule has 3 nitrogen and oxygen atoms in total. The molecule has 0 aromatic carbocycles. The zero-order chi connectivity index (χ0) is 10.7. The van der Waals surface area contributed by atoms with Crippen LogP contribution in [0, 0.1) is 0 Å². The molecule has 15 heavy (non-hydrogen) atoms. The highest BCUT2D eigenvalue weighted by atomic mass is 79.9. The zero-order valence-electron chi connectivity index (χ0n) is 8.82. The number of rotatable bonds is 2. The van der Waals surface area contributed by atoms with Crippen molar-refractivity contribution in [2.75, 3.05) is 25.1 Å². The number of nitrogens with zero attached hydrogens (tertiary/aromatic N) is 2. The minimum atomic E-state index is 0.602. The van der Waals surface area contributed by atoms with Crippen molar-refractivity contribution < 1.29 is 4.74 Å². The van der Waals surface area contributed by atoms with E-state index in [1.807, 2.05) is 12.1 Å². The molecule has 1 unspecified atom stereocenters. The van der Waals surface area contributed by atoms with E-state index < -0.39 is 0 Å². The van der Waals surface area contributed by atoms with Crippen LogP contribution in [0.15, 0.2) is 18.3 Å². The van der Waals surface area contributed by atoms with Crippen molar-refractivity contribution >= 4 is 21.6 Å². The smallest absolute Gasteiger partial charge is 0.214 e. The molecule has 1 aliphatic heterocycles. The average molecular weight is 271 g/mol. The van der Waals surface area contributed by atoms with E-state index in [1.54, 1.807) is 13.3 Å². The van der Waals surface area contributed by atoms with Crippen LogP contribution in [0.3, 0.4) is 0 Å². The third kappa shape index (κ3) is 2.62. The van der Waals surface area contributed by atoms with Gasteiger partial charge in [-0.05, 0) is 18.9 Å². The minimum absolute atomic E-state index is 0.602. The molecule has 4 heteroatoms. The van der Waals surface area contributed by atoms with Gasteiger partial charge in [0, 0.05) is 35.9 Å². The Morgan fingerprint density at radius 2 is 2.47 bits per heavy atom. The third-order valence-electron chi connectivity index (χ3n) is 2.66. The summed E-state index contributed by atoms with van der Waals surface area (Å²) in [4.78, 5) is 7.08. The molecule has 1 fully saturated rings. The summed E-state index contributed by atoms with van der Waals surface area (Å²) >= 11 is 3.67. The van der Waals surface area contributed by atoms with Crippen LogP contribution in [0.25, 0.3) is 0 Å². The summed E-state index contributed by atoms with van der Waals surface area (Å²) in [6.45, 7) is 2.18. The number of ether oxygens (including phenoxy) is 1. The molecule has 0 aliphatic carbocycles. The maximum Gasteiger partial charge on any atom is 0.214 e. The molecule has 0 radical (unpaired) electrons. The number of hydrogen-bond acceptors (Lipinski definition) is 3. The fourth-order valence-electron chi connectivity index (χ4n) is 1.87. The van der Waals surface area contributed by atoms with Crippen LogP contribution in [0.2, 0.25) is 0 Å². The number of halogens is 1. The molecule has 0 amide bonds. The predicted octanol–water partition coefficient (Wildman–Crippen LogP) is 2.45. The number of methoxy groups -OCH3 is 1. The SMILES string of the molecule is COc1cc(N2CCCC(Br)C2)ccn1. The van der Waals surface area contributed by atoms with Crippen molar-refractivity contribution in [2.24, 2.45) is 0 Å². The quantitative estimate of drug-likeness (QED) is 0.772.